The molecule has 1 aliphatic rings. The number of carbonyl (C=O) groups excluding carboxylic acids is 3. The van der Waals surface area contributed by atoms with Gasteiger partial charge < -0.3 is 15.4 Å². The van der Waals surface area contributed by atoms with Gasteiger partial charge in [-0.15, -0.1) is 0 Å². The molecule has 4 rings (SSSR count). The number of nitrogens with zero attached hydrogens (tertiary/aromatic N) is 1. The Hall–Kier alpha value is -3.15. The van der Waals surface area contributed by atoms with Crippen LogP contribution in [0.1, 0.15) is 11.1 Å². The van der Waals surface area contributed by atoms with E-state index in [9.17, 15) is 18.8 Å². The van der Waals surface area contributed by atoms with Crippen LogP contribution in [0.2, 0.25) is 10.0 Å². The summed E-state index contributed by atoms with van der Waals surface area (Å²) in [4.78, 5) is 38.0. The van der Waals surface area contributed by atoms with Crippen LogP contribution in [0.25, 0.3) is 6.08 Å². The molecule has 0 bridgehead atoms. The number of imide groups is 1. The van der Waals surface area contributed by atoms with Gasteiger partial charge in [-0.1, -0.05) is 47.5 Å². The lowest BCUT2D eigenvalue weighted by molar-refractivity contribution is -0.127. The summed E-state index contributed by atoms with van der Waals surface area (Å²) < 4.78 is 20.4. The van der Waals surface area contributed by atoms with Crippen molar-refractivity contribution in [3.63, 3.8) is 0 Å². The number of hydrogen-bond donors (Lipinski definition) is 2. The van der Waals surface area contributed by atoms with Gasteiger partial charge in [0.15, 0.2) is 0 Å². The minimum atomic E-state index is -0.744. The number of rotatable bonds is 7. The quantitative estimate of drug-likeness (QED) is 0.193. The van der Waals surface area contributed by atoms with Crippen molar-refractivity contribution in [3.05, 3.63) is 96.9 Å². The lowest BCUT2D eigenvalue weighted by atomic mass is 10.2. The highest BCUT2D eigenvalue weighted by Crippen LogP contribution is 2.27. The summed E-state index contributed by atoms with van der Waals surface area (Å²) in [6.45, 7) is -0.277. The minimum Gasteiger partial charge on any atom is -0.488 e. The van der Waals surface area contributed by atoms with Gasteiger partial charge in [-0.3, -0.25) is 9.59 Å². The van der Waals surface area contributed by atoms with Crippen LogP contribution in [0.4, 0.5) is 14.9 Å². The summed E-state index contributed by atoms with van der Waals surface area (Å²) >= 11 is 14.1. The Morgan fingerprint density at radius 2 is 1.86 bits per heavy atom. The fourth-order valence-electron chi connectivity index (χ4n) is 3.29. The van der Waals surface area contributed by atoms with E-state index in [1.54, 1.807) is 36.4 Å². The number of hydrogen-bond acceptors (Lipinski definition) is 4. The third-order valence-electron chi connectivity index (χ3n) is 5.06. The zero-order valence-electron chi connectivity index (χ0n) is 18.4. The summed E-state index contributed by atoms with van der Waals surface area (Å²) in [5, 5.41) is 5.72. The molecule has 0 aromatic heterocycles. The van der Waals surface area contributed by atoms with Crippen LogP contribution < -0.4 is 15.4 Å². The van der Waals surface area contributed by atoms with Crippen LogP contribution in [-0.2, 0) is 16.2 Å². The first-order chi connectivity index (χ1) is 17.2. The van der Waals surface area contributed by atoms with Crippen molar-refractivity contribution in [3.8, 4) is 5.75 Å². The predicted octanol–water partition coefficient (Wildman–Crippen LogP) is 5.85. The van der Waals surface area contributed by atoms with Crippen molar-refractivity contribution in [2.75, 3.05) is 11.9 Å². The summed E-state index contributed by atoms with van der Waals surface area (Å²) in [6, 6.07) is 15.4. The summed E-state index contributed by atoms with van der Waals surface area (Å²) in [6.07, 6.45) is 1.50. The Morgan fingerprint density at radius 1 is 1.08 bits per heavy atom. The van der Waals surface area contributed by atoms with Crippen LogP contribution in [0.15, 0.2) is 66.4 Å². The van der Waals surface area contributed by atoms with E-state index in [0.29, 0.717) is 21.4 Å². The molecule has 1 saturated heterocycles. The average molecular weight is 640 g/mol. The molecule has 0 saturated carbocycles. The van der Waals surface area contributed by atoms with Gasteiger partial charge in [0.1, 0.15) is 30.4 Å². The van der Waals surface area contributed by atoms with Crippen molar-refractivity contribution in [2.24, 2.45) is 0 Å². The van der Waals surface area contributed by atoms with E-state index >= 15 is 0 Å². The third-order valence-corrected chi connectivity index (χ3v) is 6.64. The molecule has 1 heterocycles. The smallest absolute Gasteiger partial charge is 0.329 e. The third kappa shape index (κ3) is 6.15. The maximum atomic E-state index is 13.7. The molecule has 0 unspecified atom stereocenters. The number of halogens is 4. The van der Waals surface area contributed by atoms with Gasteiger partial charge in [0.2, 0.25) is 5.91 Å². The van der Waals surface area contributed by atoms with E-state index < -0.39 is 30.2 Å². The maximum absolute atomic E-state index is 13.7. The summed E-state index contributed by atoms with van der Waals surface area (Å²) in [5.41, 5.74) is 1.47. The van der Waals surface area contributed by atoms with E-state index in [-0.39, 0.29) is 18.0 Å². The molecule has 0 spiro atoms. The Morgan fingerprint density at radius 3 is 2.58 bits per heavy atom. The fraction of sp³-hybridized carbons (Fsp3) is 0.0800. The lowest BCUT2D eigenvalue weighted by Gasteiger charge is -2.12. The number of nitrogens with one attached hydrogen (secondary N) is 2. The molecule has 7 nitrogen and oxygen atoms in total. The van der Waals surface area contributed by atoms with Gasteiger partial charge in [-0.25, -0.2) is 14.1 Å². The first kappa shape index (κ1) is 25.9. The molecule has 2 N–H and O–H groups in total. The second-order valence-corrected chi connectivity index (χ2v) is 9.61. The molecule has 3 aromatic rings. The number of amides is 4. The number of para-hydroxylation sites is 1. The van der Waals surface area contributed by atoms with Gasteiger partial charge in [-0.2, -0.15) is 0 Å². The van der Waals surface area contributed by atoms with Crippen LogP contribution in [0.3, 0.4) is 0 Å². The number of benzene rings is 3. The second-order valence-electron chi connectivity index (χ2n) is 7.63. The molecule has 184 valence electrons. The highest BCUT2D eigenvalue weighted by Gasteiger charge is 2.35. The van der Waals surface area contributed by atoms with Gasteiger partial charge in [0, 0.05) is 0 Å². The first-order valence-electron chi connectivity index (χ1n) is 10.5. The molecule has 0 atom stereocenters. The Kier molecular flexibility index (Phi) is 8.12. The van der Waals surface area contributed by atoms with Crippen molar-refractivity contribution >= 4 is 75.4 Å². The molecule has 11 heteroatoms. The molecule has 4 amide bonds. The van der Waals surface area contributed by atoms with Gasteiger partial charge >= 0.3 is 6.03 Å². The van der Waals surface area contributed by atoms with Crippen molar-refractivity contribution < 1.29 is 23.5 Å². The van der Waals surface area contributed by atoms with Crippen LogP contribution in [0, 0.1) is 9.39 Å². The summed E-state index contributed by atoms with van der Waals surface area (Å²) in [7, 11) is 0. The highest BCUT2D eigenvalue weighted by atomic mass is 127. The number of carbonyl (C=O) groups is 3. The van der Waals surface area contributed by atoms with Crippen molar-refractivity contribution in [2.45, 2.75) is 6.61 Å². The zero-order valence-corrected chi connectivity index (χ0v) is 22.0. The molecule has 36 heavy (non-hydrogen) atoms. The van der Waals surface area contributed by atoms with E-state index in [2.05, 4.69) is 33.2 Å². The number of anilines is 1. The van der Waals surface area contributed by atoms with Crippen LogP contribution in [-0.4, -0.2) is 29.3 Å². The maximum Gasteiger partial charge on any atom is 0.329 e. The predicted molar refractivity (Wildman–Crippen MR) is 143 cm³/mol. The van der Waals surface area contributed by atoms with E-state index in [1.807, 2.05) is 6.07 Å². The molecule has 1 fully saturated rings. The van der Waals surface area contributed by atoms with Crippen molar-refractivity contribution in [1.82, 2.24) is 10.2 Å². The number of urea groups is 1. The topological polar surface area (TPSA) is 87.7 Å². The van der Waals surface area contributed by atoms with E-state index in [4.69, 9.17) is 27.9 Å². The average Bonchev–Trinajstić information content (AvgIpc) is 3.09. The Balaban J connectivity index is 1.40. The molecule has 0 aliphatic carbocycles. The van der Waals surface area contributed by atoms with Crippen molar-refractivity contribution in [1.29, 1.82) is 0 Å². The summed E-state index contributed by atoms with van der Waals surface area (Å²) in [5.74, 6) is -1.37. The van der Waals surface area contributed by atoms with Gasteiger partial charge in [-0.05, 0) is 76.2 Å². The molecule has 1 aliphatic heterocycles. The largest absolute Gasteiger partial charge is 0.488 e. The monoisotopic (exact) mass is 639 g/mol. The molecule has 0 radical (unpaired) electrons. The van der Waals surface area contributed by atoms with E-state index in [1.165, 1.54) is 24.3 Å². The first-order valence-corrected chi connectivity index (χ1v) is 12.3. The standard InChI is InChI=1S/C25H17Cl2FIN3O4/c26-16-7-5-15(9-17(16)27)13-36-22-8-6-14(10-19(22)29)11-21-24(34)32(25(35)31-21)12-23(33)30-20-4-2-1-3-18(20)28/h1-11H,12-13H2,(H,30,33)(H,31,35)/b21-11+. The van der Waals surface area contributed by atoms with Crippen LogP contribution >= 0.6 is 45.8 Å². The zero-order chi connectivity index (χ0) is 25.8. The fourth-order valence-corrected chi connectivity index (χ4v) is 4.31. The number of ether oxygens (including phenoxy) is 1. The molecular formula is C25H17Cl2FIN3O4. The minimum absolute atomic E-state index is 0.0129. The normalized spacial score (nSPS) is 14.2. The molecular weight excluding hydrogens is 623 g/mol. The molecule has 3 aromatic carbocycles. The van der Waals surface area contributed by atoms with E-state index in [0.717, 1.165) is 14.0 Å². The second kappa shape index (κ2) is 11.3. The van der Waals surface area contributed by atoms with Gasteiger partial charge in [0.25, 0.3) is 5.91 Å². The lowest BCUT2D eigenvalue weighted by Crippen LogP contribution is -2.38. The SMILES string of the molecule is O=C(CN1C(=O)N/C(=C/c2ccc(OCc3ccc(Cl)c(Cl)c3)c(I)c2)C1=O)Nc1ccccc1F. The highest BCUT2D eigenvalue weighted by molar-refractivity contribution is 14.1. The van der Waals surface area contributed by atoms with Crippen LogP contribution in [0.5, 0.6) is 5.75 Å². The Labute approximate surface area is 229 Å². The van der Waals surface area contributed by atoms with Gasteiger partial charge in [0.05, 0.1) is 19.3 Å². The Bertz CT molecular complexity index is 1400.